The molecule has 3 aromatic heterocycles. The van der Waals surface area contributed by atoms with Crippen LogP contribution in [-0.2, 0) is 9.84 Å². The van der Waals surface area contributed by atoms with E-state index in [1.807, 2.05) is 36.4 Å². The Hall–Kier alpha value is -3.50. The largest absolute Gasteiger partial charge is 0.354 e. The third-order valence-corrected chi connectivity index (χ3v) is 6.86. The molecule has 4 heterocycles. The molecule has 1 aliphatic rings. The second-order valence-corrected chi connectivity index (χ2v) is 10.3. The molecule has 0 atom stereocenters. The van der Waals surface area contributed by atoms with E-state index < -0.39 is 9.84 Å². The van der Waals surface area contributed by atoms with Crippen LogP contribution in [0.1, 0.15) is 0 Å². The Morgan fingerprint density at radius 2 is 1.76 bits per heavy atom. The summed E-state index contributed by atoms with van der Waals surface area (Å²) in [6.45, 7) is 3.99. The average molecular weight is 464 g/mol. The molecule has 0 unspecified atom stereocenters. The van der Waals surface area contributed by atoms with E-state index in [1.54, 1.807) is 28.9 Å². The van der Waals surface area contributed by atoms with Gasteiger partial charge in [0.25, 0.3) is 0 Å². The normalized spacial score (nSPS) is 15.2. The predicted octanol–water partition coefficient (Wildman–Crippen LogP) is 2.69. The van der Waals surface area contributed by atoms with Crippen LogP contribution >= 0.6 is 0 Å². The van der Waals surface area contributed by atoms with Crippen LogP contribution in [0.15, 0.2) is 65.7 Å². The Morgan fingerprint density at radius 3 is 2.48 bits per heavy atom. The van der Waals surface area contributed by atoms with Gasteiger partial charge >= 0.3 is 0 Å². The molecule has 0 spiro atoms. The molecule has 0 amide bonds. The van der Waals surface area contributed by atoms with E-state index in [-0.39, 0.29) is 4.90 Å². The minimum absolute atomic E-state index is 0.266. The minimum Gasteiger partial charge on any atom is -0.354 e. The number of hydrogen-bond acceptors (Lipinski definition) is 8. The first-order chi connectivity index (χ1) is 15.9. The maximum atomic E-state index is 12.0. The topological polar surface area (TPSA) is 95.7 Å². The first-order valence-corrected chi connectivity index (χ1v) is 12.6. The van der Waals surface area contributed by atoms with Crippen molar-refractivity contribution in [3.05, 3.63) is 60.8 Å². The SMILES string of the molecule is CN1CCN(c2ccc(Nc3nc4cccc(-c5cccc(S(C)(=O)=O)c5)n4n3)cn2)CC1. The number of anilines is 3. The standard InChI is InChI=1S/C23H25N7O2S/c1-28-11-13-29(14-12-28)21-10-9-18(16-24-21)25-23-26-22-8-4-7-20(30(22)27-23)17-5-3-6-19(15-17)33(2,31)32/h3-10,15-16H,11-14H2,1-2H3,(H,25,27). The lowest BCUT2D eigenvalue weighted by molar-refractivity contribution is 0.312. The Morgan fingerprint density at radius 1 is 0.970 bits per heavy atom. The van der Waals surface area contributed by atoms with Crippen LogP contribution in [0.3, 0.4) is 0 Å². The molecule has 33 heavy (non-hydrogen) atoms. The van der Waals surface area contributed by atoms with Gasteiger partial charge < -0.3 is 15.1 Å². The first kappa shape index (κ1) is 21.4. The van der Waals surface area contributed by atoms with Crippen LogP contribution < -0.4 is 10.2 Å². The van der Waals surface area contributed by atoms with Crippen LogP contribution in [0.4, 0.5) is 17.5 Å². The molecule has 0 saturated carbocycles. The summed E-state index contributed by atoms with van der Waals surface area (Å²) in [4.78, 5) is 14.0. The summed E-state index contributed by atoms with van der Waals surface area (Å²) in [6, 6.07) is 16.4. The lowest BCUT2D eigenvalue weighted by atomic mass is 10.1. The highest BCUT2D eigenvalue weighted by Gasteiger charge is 2.16. The highest BCUT2D eigenvalue weighted by atomic mass is 32.2. The monoisotopic (exact) mass is 463 g/mol. The fourth-order valence-electron chi connectivity index (χ4n) is 3.87. The Balaban J connectivity index is 1.40. The molecule has 1 N–H and O–H groups in total. The summed E-state index contributed by atoms with van der Waals surface area (Å²) in [5, 5.41) is 7.81. The van der Waals surface area contributed by atoms with Crippen molar-refractivity contribution in [2.75, 3.05) is 49.7 Å². The maximum absolute atomic E-state index is 12.0. The number of nitrogens with one attached hydrogen (secondary N) is 1. The van der Waals surface area contributed by atoms with Crippen LogP contribution in [-0.4, -0.2) is 72.4 Å². The number of nitrogens with zero attached hydrogens (tertiary/aromatic N) is 6. The lowest BCUT2D eigenvalue weighted by Crippen LogP contribution is -2.44. The summed E-state index contributed by atoms with van der Waals surface area (Å²) < 4.78 is 25.6. The average Bonchev–Trinajstić information content (AvgIpc) is 3.22. The van der Waals surface area contributed by atoms with Crippen LogP contribution in [0.2, 0.25) is 0 Å². The predicted molar refractivity (Wildman–Crippen MR) is 129 cm³/mol. The Bertz CT molecular complexity index is 1390. The molecule has 1 aliphatic heterocycles. The summed E-state index contributed by atoms with van der Waals surface area (Å²) in [5.41, 5.74) is 2.95. The lowest BCUT2D eigenvalue weighted by Gasteiger charge is -2.33. The molecule has 0 radical (unpaired) electrons. The third-order valence-electron chi connectivity index (χ3n) is 5.75. The number of aromatic nitrogens is 4. The van der Waals surface area contributed by atoms with Gasteiger partial charge in [-0.3, -0.25) is 0 Å². The highest BCUT2D eigenvalue weighted by molar-refractivity contribution is 7.90. The molecular weight excluding hydrogens is 438 g/mol. The molecule has 0 aliphatic carbocycles. The van der Waals surface area contributed by atoms with Crippen LogP contribution in [0.25, 0.3) is 16.9 Å². The molecule has 10 heteroatoms. The van der Waals surface area contributed by atoms with Gasteiger partial charge in [-0.2, -0.15) is 4.98 Å². The second-order valence-electron chi connectivity index (χ2n) is 8.24. The van der Waals surface area contributed by atoms with Gasteiger partial charge in [0.2, 0.25) is 5.95 Å². The number of rotatable bonds is 5. The smallest absolute Gasteiger partial charge is 0.247 e. The number of sulfone groups is 1. The maximum Gasteiger partial charge on any atom is 0.247 e. The molecule has 1 aromatic carbocycles. The van der Waals surface area contributed by atoms with Gasteiger partial charge in [-0.1, -0.05) is 18.2 Å². The zero-order valence-corrected chi connectivity index (χ0v) is 19.3. The number of benzene rings is 1. The van der Waals surface area contributed by atoms with E-state index in [9.17, 15) is 8.42 Å². The van der Waals surface area contributed by atoms with Crippen molar-refractivity contribution in [1.82, 2.24) is 24.5 Å². The van der Waals surface area contributed by atoms with E-state index >= 15 is 0 Å². The molecule has 1 saturated heterocycles. The zero-order chi connectivity index (χ0) is 23.0. The molecule has 9 nitrogen and oxygen atoms in total. The highest BCUT2D eigenvalue weighted by Crippen LogP contribution is 2.25. The Kier molecular flexibility index (Phi) is 5.47. The van der Waals surface area contributed by atoms with Crippen molar-refractivity contribution in [2.45, 2.75) is 4.90 Å². The fourth-order valence-corrected chi connectivity index (χ4v) is 4.54. The third kappa shape index (κ3) is 4.53. The number of hydrogen-bond donors (Lipinski definition) is 1. The summed E-state index contributed by atoms with van der Waals surface area (Å²) in [5.74, 6) is 1.40. The van der Waals surface area contributed by atoms with Gasteiger partial charge in [0.05, 0.1) is 22.5 Å². The quantitative estimate of drug-likeness (QED) is 0.483. The number of likely N-dealkylation sites (N-methyl/N-ethyl adjacent to an activating group) is 1. The number of pyridine rings is 2. The van der Waals surface area contributed by atoms with Crippen molar-refractivity contribution < 1.29 is 8.42 Å². The Labute approximate surface area is 192 Å². The summed E-state index contributed by atoms with van der Waals surface area (Å²) >= 11 is 0. The van der Waals surface area contributed by atoms with Gasteiger partial charge in [0.1, 0.15) is 5.82 Å². The van der Waals surface area contributed by atoms with Crippen LogP contribution in [0.5, 0.6) is 0 Å². The first-order valence-electron chi connectivity index (χ1n) is 10.7. The minimum atomic E-state index is -3.31. The van der Waals surface area contributed by atoms with E-state index in [4.69, 9.17) is 0 Å². The van der Waals surface area contributed by atoms with Gasteiger partial charge in [-0.25, -0.2) is 17.9 Å². The van der Waals surface area contributed by atoms with Gasteiger partial charge in [0.15, 0.2) is 15.5 Å². The van der Waals surface area contributed by atoms with Gasteiger partial charge in [0, 0.05) is 38.0 Å². The summed E-state index contributed by atoms with van der Waals surface area (Å²) in [6.07, 6.45) is 2.99. The summed E-state index contributed by atoms with van der Waals surface area (Å²) in [7, 11) is -1.17. The van der Waals surface area contributed by atoms with Crippen LogP contribution in [0, 0.1) is 0 Å². The number of fused-ring (bicyclic) bond motifs is 1. The molecule has 1 fully saturated rings. The molecule has 5 rings (SSSR count). The van der Waals surface area contributed by atoms with E-state index in [0.717, 1.165) is 48.9 Å². The van der Waals surface area contributed by atoms with E-state index in [0.29, 0.717) is 11.6 Å². The van der Waals surface area contributed by atoms with Crippen molar-refractivity contribution in [2.24, 2.45) is 0 Å². The van der Waals surface area contributed by atoms with Crippen molar-refractivity contribution in [1.29, 1.82) is 0 Å². The van der Waals surface area contributed by atoms with Crippen molar-refractivity contribution in [3.8, 4) is 11.3 Å². The van der Waals surface area contributed by atoms with Gasteiger partial charge in [-0.15, -0.1) is 5.10 Å². The van der Waals surface area contributed by atoms with E-state index in [1.165, 1.54) is 6.26 Å². The molecule has 0 bridgehead atoms. The zero-order valence-electron chi connectivity index (χ0n) is 18.5. The number of piperazine rings is 1. The fraction of sp³-hybridized carbons (Fsp3) is 0.261. The molecule has 4 aromatic rings. The molecular formula is C23H25N7O2S. The van der Waals surface area contributed by atoms with Gasteiger partial charge in [-0.05, 0) is 43.4 Å². The van der Waals surface area contributed by atoms with E-state index in [2.05, 4.69) is 37.2 Å². The second kappa shape index (κ2) is 8.45. The van der Waals surface area contributed by atoms with Crippen molar-refractivity contribution >= 4 is 32.9 Å². The molecule has 170 valence electrons. The van der Waals surface area contributed by atoms with Crippen molar-refractivity contribution in [3.63, 3.8) is 0 Å².